The minimum absolute atomic E-state index is 0.399. The molecule has 0 N–H and O–H groups in total. The second kappa shape index (κ2) is 5.34. The zero-order valence-electron chi connectivity index (χ0n) is 11.5. The Morgan fingerprint density at radius 2 is 1.65 bits per heavy atom. The van der Waals surface area contributed by atoms with E-state index in [0.29, 0.717) is 23.0 Å². The van der Waals surface area contributed by atoms with Crippen LogP contribution in [0.5, 0.6) is 0 Å². The van der Waals surface area contributed by atoms with Crippen LogP contribution in [-0.4, -0.2) is 17.3 Å². The number of hydrogen-bond donors (Lipinski definition) is 0. The first kappa shape index (κ1) is 13.5. The summed E-state index contributed by atoms with van der Waals surface area (Å²) in [6.45, 7) is 7.02. The van der Waals surface area contributed by atoms with E-state index in [-0.39, 0.29) is 0 Å². The predicted octanol–water partition coefficient (Wildman–Crippen LogP) is 4.16. The van der Waals surface area contributed by atoms with E-state index in [1.807, 2.05) is 11.8 Å². The van der Waals surface area contributed by atoms with E-state index in [1.54, 1.807) is 0 Å². The van der Waals surface area contributed by atoms with E-state index in [1.165, 1.54) is 18.6 Å². The average molecular weight is 254 g/mol. The average Bonchev–Trinajstić information content (AvgIpc) is 2.80. The summed E-state index contributed by atoms with van der Waals surface area (Å²) in [7, 11) is 0. The maximum Gasteiger partial charge on any atom is 0.139 e. The zero-order valence-corrected chi connectivity index (χ0v) is 12.3. The third-order valence-electron chi connectivity index (χ3n) is 4.69. The largest absolute Gasteiger partial charge is 0.299 e. The number of rotatable bonds is 2. The van der Waals surface area contributed by atoms with Crippen LogP contribution >= 0.6 is 11.8 Å². The first-order valence-electron chi connectivity index (χ1n) is 7.10. The van der Waals surface area contributed by atoms with Crippen molar-refractivity contribution in [2.24, 2.45) is 23.2 Å². The summed E-state index contributed by atoms with van der Waals surface area (Å²) < 4.78 is 0. The van der Waals surface area contributed by atoms with Crippen LogP contribution in [0.3, 0.4) is 0 Å². The fourth-order valence-electron chi connectivity index (χ4n) is 3.34. The third kappa shape index (κ3) is 3.27. The Balaban J connectivity index is 1.84. The van der Waals surface area contributed by atoms with Gasteiger partial charge in [0.1, 0.15) is 5.78 Å². The highest BCUT2D eigenvalue weighted by molar-refractivity contribution is 7.99. The van der Waals surface area contributed by atoms with Crippen LogP contribution in [0.15, 0.2) is 0 Å². The molecule has 1 heterocycles. The molecule has 0 aromatic heterocycles. The first-order chi connectivity index (χ1) is 7.98. The second-order valence-corrected chi connectivity index (χ2v) is 8.03. The predicted molar refractivity (Wildman–Crippen MR) is 75.3 cm³/mol. The molecule has 2 rings (SSSR count). The van der Waals surface area contributed by atoms with E-state index >= 15 is 0 Å². The van der Waals surface area contributed by atoms with Gasteiger partial charge in [0.15, 0.2) is 0 Å². The summed E-state index contributed by atoms with van der Waals surface area (Å²) in [6.07, 6.45) is 5.98. The summed E-state index contributed by atoms with van der Waals surface area (Å²) in [5.41, 5.74) is 0.428. The van der Waals surface area contributed by atoms with Crippen LogP contribution in [-0.2, 0) is 4.79 Å². The van der Waals surface area contributed by atoms with Crippen LogP contribution in [0.1, 0.15) is 52.9 Å². The standard InChI is InChI=1S/C15H26OS/c1-15(2,3)13-6-4-11(5-7-13)14(16)12-8-9-17-10-12/h11-13H,4-10H2,1-3H3. The van der Waals surface area contributed by atoms with Gasteiger partial charge in [-0.05, 0) is 49.2 Å². The Morgan fingerprint density at radius 1 is 1.00 bits per heavy atom. The lowest BCUT2D eigenvalue weighted by molar-refractivity contribution is -0.127. The summed E-state index contributed by atoms with van der Waals surface area (Å²) >= 11 is 1.96. The quantitative estimate of drug-likeness (QED) is 0.736. The fourth-order valence-corrected chi connectivity index (χ4v) is 4.57. The van der Waals surface area contributed by atoms with Gasteiger partial charge in [0, 0.05) is 17.6 Å². The van der Waals surface area contributed by atoms with Gasteiger partial charge in [-0.25, -0.2) is 0 Å². The fraction of sp³-hybridized carbons (Fsp3) is 0.933. The molecule has 0 spiro atoms. The molecule has 1 aliphatic heterocycles. The van der Waals surface area contributed by atoms with E-state index in [0.717, 1.165) is 30.9 Å². The van der Waals surface area contributed by atoms with Crippen LogP contribution < -0.4 is 0 Å². The normalized spacial score (nSPS) is 34.9. The first-order valence-corrected chi connectivity index (χ1v) is 8.25. The molecule has 1 atom stereocenters. The number of hydrogen-bond acceptors (Lipinski definition) is 2. The lowest BCUT2D eigenvalue weighted by Crippen LogP contribution is -2.31. The highest BCUT2D eigenvalue weighted by Crippen LogP contribution is 2.41. The minimum Gasteiger partial charge on any atom is -0.299 e. The molecule has 0 aromatic rings. The van der Waals surface area contributed by atoms with Crippen molar-refractivity contribution in [3.05, 3.63) is 0 Å². The number of thioether (sulfide) groups is 1. The van der Waals surface area contributed by atoms with Crippen LogP contribution in [0, 0.1) is 23.2 Å². The Kier molecular flexibility index (Phi) is 4.22. The molecule has 1 unspecified atom stereocenters. The van der Waals surface area contributed by atoms with Crippen LogP contribution in [0.4, 0.5) is 0 Å². The molecule has 0 amide bonds. The maximum absolute atomic E-state index is 12.3. The number of carbonyl (C=O) groups is 1. The molecule has 17 heavy (non-hydrogen) atoms. The smallest absolute Gasteiger partial charge is 0.139 e. The van der Waals surface area contributed by atoms with E-state index < -0.39 is 0 Å². The molecule has 0 bridgehead atoms. The Labute approximate surface area is 110 Å². The molecule has 0 aromatic carbocycles. The van der Waals surface area contributed by atoms with Crippen molar-refractivity contribution < 1.29 is 4.79 Å². The monoisotopic (exact) mass is 254 g/mol. The lowest BCUT2D eigenvalue weighted by Gasteiger charge is -2.37. The van der Waals surface area contributed by atoms with Crippen molar-refractivity contribution >= 4 is 17.5 Å². The number of carbonyl (C=O) groups excluding carboxylic acids is 1. The molecule has 1 nitrogen and oxygen atoms in total. The Bertz CT molecular complexity index is 265. The van der Waals surface area contributed by atoms with Crippen LogP contribution in [0.2, 0.25) is 0 Å². The molecule has 1 aliphatic carbocycles. The second-order valence-electron chi connectivity index (χ2n) is 6.88. The van der Waals surface area contributed by atoms with Gasteiger partial charge >= 0.3 is 0 Å². The number of ketones is 1. The minimum atomic E-state index is 0.399. The number of Topliss-reactive ketones (excluding diaryl/α,β-unsaturated/α-hetero) is 1. The lowest BCUT2D eigenvalue weighted by atomic mass is 9.68. The Hall–Kier alpha value is 0.0200. The molecule has 1 saturated carbocycles. The molecular formula is C15H26OS. The highest BCUT2D eigenvalue weighted by Gasteiger charge is 2.35. The molecule has 1 saturated heterocycles. The van der Waals surface area contributed by atoms with Crippen molar-refractivity contribution in [1.29, 1.82) is 0 Å². The maximum atomic E-state index is 12.3. The topological polar surface area (TPSA) is 17.1 Å². The van der Waals surface area contributed by atoms with Crippen molar-refractivity contribution in [3.8, 4) is 0 Å². The van der Waals surface area contributed by atoms with Gasteiger partial charge in [0.25, 0.3) is 0 Å². The molecule has 0 radical (unpaired) electrons. The third-order valence-corrected chi connectivity index (χ3v) is 5.85. The van der Waals surface area contributed by atoms with Gasteiger partial charge < -0.3 is 0 Å². The molecular weight excluding hydrogens is 228 g/mol. The van der Waals surface area contributed by atoms with Crippen molar-refractivity contribution in [1.82, 2.24) is 0 Å². The van der Waals surface area contributed by atoms with E-state index in [9.17, 15) is 4.79 Å². The summed E-state index contributed by atoms with van der Waals surface area (Å²) in [5, 5.41) is 0. The van der Waals surface area contributed by atoms with Gasteiger partial charge in [-0.3, -0.25) is 4.79 Å². The zero-order chi connectivity index (χ0) is 12.5. The summed E-state index contributed by atoms with van der Waals surface area (Å²) in [5.74, 6) is 4.52. The van der Waals surface area contributed by atoms with Crippen molar-refractivity contribution in [2.45, 2.75) is 52.9 Å². The Morgan fingerprint density at radius 3 is 2.12 bits per heavy atom. The summed E-state index contributed by atoms with van der Waals surface area (Å²) in [4.78, 5) is 12.3. The molecule has 2 fully saturated rings. The van der Waals surface area contributed by atoms with Gasteiger partial charge in [-0.2, -0.15) is 11.8 Å². The van der Waals surface area contributed by atoms with Crippen molar-refractivity contribution in [3.63, 3.8) is 0 Å². The van der Waals surface area contributed by atoms with Gasteiger partial charge in [-0.15, -0.1) is 0 Å². The SMILES string of the molecule is CC(C)(C)C1CCC(C(=O)C2CCSC2)CC1. The summed E-state index contributed by atoms with van der Waals surface area (Å²) in [6, 6.07) is 0. The van der Waals surface area contributed by atoms with Gasteiger partial charge in [0.2, 0.25) is 0 Å². The van der Waals surface area contributed by atoms with Gasteiger partial charge in [0.05, 0.1) is 0 Å². The highest BCUT2D eigenvalue weighted by atomic mass is 32.2. The molecule has 2 aliphatic rings. The van der Waals surface area contributed by atoms with Gasteiger partial charge in [-0.1, -0.05) is 20.8 Å². The molecule has 2 heteroatoms. The van der Waals surface area contributed by atoms with Crippen molar-refractivity contribution in [2.75, 3.05) is 11.5 Å². The van der Waals surface area contributed by atoms with E-state index in [2.05, 4.69) is 20.8 Å². The van der Waals surface area contributed by atoms with Crippen LogP contribution in [0.25, 0.3) is 0 Å². The van der Waals surface area contributed by atoms with E-state index in [4.69, 9.17) is 0 Å². The molecule has 98 valence electrons.